The van der Waals surface area contributed by atoms with E-state index in [2.05, 4.69) is 53.0 Å². The summed E-state index contributed by atoms with van der Waals surface area (Å²) < 4.78 is 33.5. The fourth-order valence-electron chi connectivity index (χ4n) is 7.19. The lowest BCUT2D eigenvalue weighted by atomic mass is 9.86. The highest BCUT2D eigenvalue weighted by molar-refractivity contribution is 6.90. The van der Waals surface area contributed by atoms with Gasteiger partial charge in [-0.15, -0.1) is 5.54 Å². The summed E-state index contributed by atoms with van der Waals surface area (Å²) in [6.07, 6.45) is -5.61. The molecule has 1 saturated heterocycles. The van der Waals surface area contributed by atoms with Crippen LogP contribution in [0.25, 0.3) is 0 Å². The number of hydrogen-bond donors (Lipinski definition) is 1. The predicted molar refractivity (Wildman–Crippen MR) is 192 cm³/mol. The SMILES string of the molecule is COc1ccc(C2(O)O[C@H](COC(C)=O)[C@@H](OC(C)=O)[C@H](OC(C)=O)[C@H]2OC(C)=O)cc1Cc1ccc(C#C[Si](C(C)C)(C(C)C)C(C)C)cc1. The number of methoxy groups -OCH3 is 1. The number of ether oxygens (including phenoxy) is 6. The monoisotopic (exact) mass is 724 g/mol. The number of benzene rings is 2. The molecule has 0 radical (unpaired) electrons. The summed E-state index contributed by atoms with van der Waals surface area (Å²) in [5.41, 5.74) is 7.93. The Morgan fingerprint density at radius 2 is 1.35 bits per heavy atom. The molecule has 11 nitrogen and oxygen atoms in total. The van der Waals surface area contributed by atoms with Crippen LogP contribution in [0.15, 0.2) is 42.5 Å². The Hall–Kier alpha value is -4.18. The van der Waals surface area contributed by atoms with E-state index in [1.165, 1.54) is 20.1 Å². The van der Waals surface area contributed by atoms with E-state index in [1.807, 2.05) is 24.3 Å². The Bertz CT molecular complexity index is 1600. The van der Waals surface area contributed by atoms with Crippen LogP contribution < -0.4 is 4.74 Å². The van der Waals surface area contributed by atoms with Crippen molar-refractivity contribution in [1.82, 2.24) is 0 Å². The van der Waals surface area contributed by atoms with Gasteiger partial charge in [-0.2, -0.15) is 0 Å². The number of esters is 4. The summed E-state index contributed by atoms with van der Waals surface area (Å²) in [6, 6.07) is 12.7. The summed E-state index contributed by atoms with van der Waals surface area (Å²) in [5, 5.41) is 12.3. The first kappa shape index (κ1) is 41.2. The smallest absolute Gasteiger partial charge is 0.303 e. The highest BCUT2D eigenvalue weighted by Gasteiger charge is 2.60. The van der Waals surface area contributed by atoms with E-state index in [0.717, 1.165) is 31.9 Å². The molecule has 278 valence electrons. The van der Waals surface area contributed by atoms with Gasteiger partial charge in [-0.25, -0.2) is 0 Å². The van der Waals surface area contributed by atoms with Gasteiger partial charge in [0.15, 0.2) is 12.2 Å². The molecule has 5 atom stereocenters. The zero-order chi connectivity index (χ0) is 38.3. The van der Waals surface area contributed by atoms with Gasteiger partial charge in [0.05, 0.1) is 7.11 Å². The molecule has 1 aliphatic heterocycles. The van der Waals surface area contributed by atoms with Crippen molar-refractivity contribution < 1.29 is 52.7 Å². The second-order valence-electron chi connectivity index (χ2n) is 13.9. The normalized spacial score (nSPS) is 21.8. The van der Waals surface area contributed by atoms with Crippen LogP contribution in [0.1, 0.15) is 91.5 Å². The fraction of sp³-hybridized carbons (Fsp3) is 0.538. The topological polar surface area (TPSA) is 144 Å². The lowest BCUT2D eigenvalue weighted by Gasteiger charge is -2.48. The molecule has 12 heteroatoms. The first-order valence-electron chi connectivity index (χ1n) is 17.2. The molecule has 1 fully saturated rings. The van der Waals surface area contributed by atoms with Crippen molar-refractivity contribution in [3.8, 4) is 17.2 Å². The average molecular weight is 725 g/mol. The Balaban J connectivity index is 2.09. The molecule has 1 unspecified atom stereocenters. The molecule has 0 aromatic heterocycles. The lowest BCUT2D eigenvalue weighted by Crippen LogP contribution is -2.66. The average Bonchev–Trinajstić information content (AvgIpc) is 3.03. The highest BCUT2D eigenvalue weighted by atomic mass is 28.3. The molecule has 2 aromatic carbocycles. The first-order chi connectivity index (χ1) is 23.8. The van der Waals surface area contributed by atoms with Gasteiger partial charge in [0.25, 0.3) is 0 Å². The summed E-state index contributed by atoms with van der Waals surface area (Å²) >= 11 is 0. The molecule has 2 aromatic rings. The molecule has 1 aliphatic rings. The second-order valence-corrected chi connectivity index (χ2v) is 19.5. The van der Waals surface area contributed by atoms with Crippen molar-refractivity contribution in [1.29, 1.82) is 0 Å². The quantitative estimate of drug-likeness (QED) is 0.124. The Labute approximate surface area is 302 Å². The number of rotatable bonds is 12. The van der Waals surface area contributed by atoms with Crippen molar-refractivity contribution in [2.24, 2.45) is 0 Å². The van der Waals surface area contributed by atoms with E-state index >= 15 is 0 Å². The fourth-order valence-corrected chi connectivity index (χ4v) is 12.4. The van der Waals surface area contributed by atoms with Gasteiger partial charge in [0.1, 0.15) is 26.5 Å². The number of carbonyl (C=O) groups excluding carboxylic acids is 4. The molecule has 0 aliphatic carbocycles. The molecule has 0 saturated carbocycles. The molecule has 1 heterocycles. The van der Waals surface area contributed by atoms with E-state index in [1.54, 1.807) is 12.1 Å². The van der Waals surface area contributed by atoms with E-state index in [9.17, 15) is 24.3 Å². The zero-order valence-electron chi connectivity index (χ0n) is 31.5. The number of aliphatic hydroxyl groups is 1. The molecule has 51 heavy (non-hydrogen) atoms. The minimum absolute atomic E-state index is 0.121. The van der Waals surface area contributed by atoms with Crippen molar-refractivity contribution in [2.45, 2.75) is 122 Å². The minimum atomic E-state index is -2.46. The highest BCUT2D eigenvalue weighted by Crippen LogP contribution is 2.43. The predicted octanol–water partition coefficient (Wildman–Crippen LogP) is 5.76. The van der Waals surface area contributed by atoms with E-state index in [-0.39, 0.29) is 5.56 Å². The first-order valence-corrected chi connectivity index (χ1v) is 19.4. The largest absolute Gasteiger partial charge is 0.496 e. The maximum absolute atomic E-state index is 12.4. The Kier molecular flexibility index (Phi) is 14.0. The molecular formula is C39H52O11Si. The molecular weight excluding hydrogens is 673 g/mol. The summed E-state index contributed by atoms with van der Waals surface area (Å²) in [7, 11) is -0.385. The lowest BCUT2D eigenvalue weighted by molar-refractivity contribution is -0.360. The summed E-state index contributed by atoms with van der Waals surface area (Å²) in [4.78, 5) is 48.6. The van der Waals surface area contributed by atoms with Crippen LogP contribution in [0.4, 0.5) is 0 Å². The van der Waals surface area contributed by atoms with Gasteiger partial charge in [0, 0.05) is 45.2 Å². The van der Waals surface area contributed by atoms with Crippen LogP contribution in [0.3, 0.4) is 0 Å². The van der Waals surface area contributed by atoms with E-state index < -0.39 is 68.8 Å². The molecule has 1 N–H and O–H groups in total. The third-order valence-electron chi connectivity index (χ3n) is 9.39. The Morgan fingerprint density at radius 1 is 0.804 bits per heavy atom. The van der Waals surface area contributed by atoms with Gasteiger partial charge in [-0.3, -0.25) is 19.2 Å². The number of hydrogen-bond acceptors (Lipinski definition) is 11. The summed E-state index contributed by atoms with van der Waals surface area (Å²) in [6.45, 7) is 17.7. The second kappa shape index (κ2) is 17.4. The standard InChI is InChI=1S/C39H52O11Si/c1-23(2)51(24(3)4,25(5)6)19-18-30-12-14-31(15-13-30)20-32-21-33(16-17-34(32)45-11)39(44)38(49-29(10)43)37(48-28(9)42)36(47-27(8)41)35(50-39)22-46-26(7)40/h12-17,21,23-25,35-38,44H,20,22H2,1-11H3/t35-,36-,37+,38-,39?/m1/s1. The van der Waals surface area contributed by atoms with Gasteiger partial charge in [0.2, 0.25) is 11.9 Å². The van der Waals surface area contributed by atoms with E-state index in [4.69, 9.17) is 28.4 Å². The van der Waals surface area contributed by atoms with Crippen LogP contribution in [0, 0.1) is 11.5 Å². The van der Waals surface area contributed by atoms with Gasteiger partial charge in [-0.05, 0) is 58.1 Å². The minimum Gasteiger partial charge on any atom is -0.496 e. The molecule has 0 bridgehead atoms. The van der Waals surface area contributed by atoms with Crippen LogP contribution in [0.2, 0.25) is 16.6 Å². The summed E-state index contributed by atoms with van der Waals surface area (Å²) in [5.74, 6) is -1.55. The van der Waals surface area contributed by atoms with Crippen molar-refractivity contribution >= 4 is 32.0 Å². The van der Waals surface area contributed by atoms with Gasteiger partial charge < -0.3 is 33.5 Å². The maximum atomic E-state index is 12.4. The van der Waals surface area contributed by atoms with E-state index in [0.29, 0.717) is 34.4 Å². The molecule has 3 rings (SSSR count). The van der Waals surface area contributed by atoms with Crippen LogP contribution in [-0.2, 0) is 55.1 Å². The van der Waals surface area contributed by atoms with Crippen molar-refractivity contribution in [3.63, 3.8) is 0 Å². The van der Waals surface area contributed by atoms with Gasteiger partial charge >= 0.3 is 23.9 Å². The third kappa shape index (κ3) is 9.78. The van der Waals surface area contributed by atoms with Crippen LogP contribution in [0.5, 0.6) is 5.75 Å². The van der Waals surface area contributed by atoms with Crippen molar-refractivity contribution in [3.05, 3.63) is 64.7 Å². The molecule has 0 spiro atoms. The maximum Gasteiger partial charge on any atom is 0.303 e. The van der Waals surface area contributed by atoms with Gasteiger partial charge in [-0.1, -0.05) is 59.6 Å². The zero-order valence-corrected chi connectivity index (χ0v) is 32.5. The van der Waals surface area contributed by atoms with Crippen LogP contribution in [-0.4, -0.2) is 75.2 Å². The molecule has 0 amide bonds. The van der Waals surface area contributed by atoms with Crippen LogP contribution >= 0.6 is 0 Å². The Morgan fingerprint density at radius 3 is 1.84 bits per heavy atom. The van der Waals surface area contributed by atoms with Crippen molar-refractivity contribution in [2.75, 3.05) is 13.7 Å². The number of carbonyl (C=O) groups is 4. The third-order valence-corrected chi connectivity index (χ3v) is 15.7.